The van der Waals surface area contributed by atoms with Gasteiger partial charge in [-0.1, -0.05) is 42.0 Å². The highest BCUT2D eigenvalue weighted by molar-refractivity contribution is 5.73. The summed E-state index contributed by atoms with van der Waals surface area (Å²) in [5.41, 5.74) is 2.53. The van der Waals surface area contributed by atoms with Crippen LogP contribution in [0.3, 0.4) is 0 Å². The molecule has 4 nitrogen and oxygen atoms in total. The zero-order chi connectivity index (χ0) is 15.6. The predicted octanol–water partition coefficient (Wildman–Crippen LogP) is 2.78. The number of urea groups is 1. The van der Waals surface area contributed by atoms with Gasteiger partial charge in [-0.2, -0.15) is 0 Å². The fraction of sp³-hybridized carbons (Fsp3) is 0.500. The fourth-order valence-electron chi connectivity index (χ4n) is 2.70. The molecule has 120 valence electrons. The molecule has 3 N–H and O–H groups in total. The Morgan fingerprint density at radius 2 is 2.00 bits per heavy atom. The van der Waals surface area contributed by atoms with E-state index in [2.05, 4.69) is 16.7 Å². The third kappa shape index (κ3) is 6.31. The van der Waals surface area contributed by atoms with Crippen LogP contribution < -0.4 is 10.6 Å². The topological polar surface area (TPSA) is 61.4 Å². The van der Waals surface area contributed by atoms with Gasteiger partial charge < -0.3 is 15.7 Å². The molecule has 22 heavy (non-hydrogen) atoms. The van der Waals surface area contributed by atoms with Crippen molar-refractivity contribution in [1.82, 2.24) is 10.6 Å². The van der Waals surface area contributed by atoms with Crippen molar-refractivity contribution in [1.29, 1.82) is 0 Å². The summed E-state index contributed by atoms with van der Waals surface area (Å²) in [5, 5.41) is 15.5. The van der Waals surface area contributed by atoms with Crippen molar-refractivity contribution in [2.75, 3.05) is 13.1 Å². The van der Waals surface area contributed by atoms with Gasteiger partial charge in [-0.05, 0) is 37.7 Å². The van der Waals surface area contributed by atoms with Gasteiger partial charge in [0.05, 0.1) is 6.10 Å². The molecule has 4 heteroatoms. The summed E-state index contributed by atoms with van der Waals surface area (Å²) in [4.78, 5) is 11.7. The average molecular weight is 302 g/mol. The average Bonchev–Trinajstić information content (AvgIpc) is 2.55. The Bertz CT molecular complexity index is 485. The van der Waals surface area contributed by atoms with Crippen molar-refractivity contribution >= 4 is 6.03 Å². The smallest absolute Gasteiger partial charge is 0.314 e. The number of hydrogen-bond acceptors (Lipinski definition) is 2. The summed E-state index contributed by atoms with van der Waals surface area (Å²) in [7, 11) is 0. The van der Waals surface area contributed by atoms with Crippen LogP contribution in [-0.4, -0.2) is 30.3 Å². The molecule has 0 fully saturated rings. The lowest BCUT2D eigenvalue weighted by Gasteiger charge is -2.14. The van der Waals surface area contributed by atoms with Gasteiger partial charge in [0.25, 0.3) is 0 Å². The van der Waals surface area contributed by atoms with E-state index in [0.717, 1.165) is 12.0 Å². The SMILES string of the molecule is O=C(NCCC1=CCCCC1)NC[C@@H](O)Cc1ccccc1. The molecule has 0 saturated carbocycles. The monoisotopic (exact) mass is 302 g/mol. The Kier molecular flexibility index (Phi) is 6.97. The van der Waals surface area contributed by atoms with E-state index in [1.54, 1.807) is 0 Å². The quantitative estimate of drug-likeness (QED) is 0.678. The lowest BCUT2D eigenvalue weighted by molar-refractivity contribution is 0.170. The van der Waals surface area contributed by atoms with Crippen LogP contribution in [-0.2, 0) is 6.42 Å². The highest BCUT2D eigenvalue weighted by atomic mass is 16.3. The lowest BCUT2D eigenvalue weighted by Crippen LogP contribution is -2.40. The molecule has 0 saturated heterocycles. The Morgan fingerprint density at radius 1 is 1.18 bits per heavy atom. The van der Waals surface area contributed by atoms with Crippen LogP contribution in [0.5, 0.6) is 0 Å². The zero-order valence-corrected chi connectivity index (χ0v) is 13.1. The molecule has 2 amide bonds. The standard InChI is InChI=1S/C18H26N2O2/c21-17(13-16-9-5-2-6-10-16)14-20-18(22)19-12-11-15-7-3-1-4-8-15/h2,5-7,9-10,17,21H,1,3-4,8,11-14H2,(H2,19,20,22)/t17-/m0/s1. The first kappa shape index (κ1) is 16.6. The first-order valence-electron chi connectivity index (χ1n) is 8.15. The summed E-state index contributed by atoms with van der Waals surface area (Å²) in [6.07, 6.45) is 8.11. The maximum atomic E-state index is 11.7. The van der Waals surface area contributed by atoms with Crippen molar-refractivity contribution in [2.45, 2.75) is 44.6 Å². The van der Waals surface area contributed by atoms with E-state index in [9.17, 15) is 9.90 Å². The maximum Gasteiger partial charge on any atom is 0.314 e. The molecule has 1 aromatic rings. The van der Waals surface area contributed by atoms with Crippen LogP contribution in [0.25, 0.3) is 0 Å². The Hall–Kier alpha value is -1.81. The van der Waals surface area contributed by atoms with Crippen LogP contribution in [0.2, 0.25) is 0 Å². The lowest BCUT2D eigenvalue weighted by atomic mass is 9.97. The second-order valence-electron chi connectivity index (χ2n) is 5.84. The molecule has 1 aliphatic carbocycles. The largest absolute Gasteiger partial charge is 0.391 e. The van der Waals surface area contributed by atoms with E-state index in [0.29, 0.717) is 13.0 Å². The summed E-state index contributed by atoms with van der Waals surface area (Å²) in [6, 6.07) is 9.58. The van der Waals surface area contributed by atoms with E-state index >= 15 is 0 Å². The molecule has 0 spiro atoms. The molecule has 1 aromatic carbocycles. The first-order valence-corrected chi connectivity index (χ1v) is 8.15. The van der Waals surface area contributed by atoms with Crippen molar-refractivity contribution in [3.8, 4) is 0 Å². The van der Waals surface area contributed by atoms with Crippen LogP contribution in [0, 0.1) is 0 Å². The molecule has 1 atom stereocenters. The van der Waals surface area contributed by atoms with E-state index in [1.165, 1.54) is 31.3 Å². The second kappa shape index (κ2) is 9.26. The fourth-order valence-corrected chi connectivity index (χ4v) is 2.70. The molecule has 0 aliphatic heterocycles. The minimum absolute atomic E-state index is 0.205. The van der Waals surface area contributed by atoms with Crippen molar-refractivity contribution in [2.24, 2.45) is 0 Å². The minimum atomic E-state index is -0.561. The van der Waals surface area contributed by atoms with Crippen molar-refractivity contribution in [3.05, 3.63) is 47.5 Å². The van der Waals surface area contributed by atoms with Crippen LogP contribution >= 0.6 is 0 Å². The minimum Gasteiger partial charge on any atom is -0.391 e. The number of amides is 2. The molecule has 1 aliphatic rings. The molecule has 0 heterocycles. The molecule has 0 unspecified atom stereocenters. The van der Waals surface area contributed by atoms with Crippen molar-refractivity contribution in [3.63, 3.8) is 0 Å². The number of aliphatic hydroxyl groups excluding tert-OH is 1. The molecule has 2 rings (SSSR count). The highest BCUT2D eigenvalue weighted by Crippen LogP contribution is 2.19. The number of rotatable bonds is 7. The van der Waals surface area contributed by atoms with Crippen LogP contribution in [0.1, 0.15) is 37.7 Å². The number of allylic oxidation sites excluding steroid dienone is 1. The normalized spacial score (nSPS) is 15.8. The number of carbonyl (C=O) groups excluding carboxylic acids is 1. The van der Waals surface area contributed by atoms with Gasteiger partial charge in [0.15, 0.2) is 0 Å². The van der Waals surface area contributed by atoms with Crippen LogP contribution in [0.15, 0.2) is 42.0 Å². The molecule has 0 radical (unpaired) electrons. The van der Waals surface area contributed by atoms with Gasteiger partial charge in [0.1, 0.15) is 0 Å². The number of nitrogens with one attached hydrogen (secondary N) is 2. The third-order valence-corrected chi connectivity index (χ3v) is 3.93. The molecular weight excluding hydrogens is 276 g/mol. The van der Waals surface area contributed by atoms with Gasteiger partial charge in [-0.15, -0.1) is 0 Å². The van der Waals surface area contributed by atoms with Crippen LogP contribution in [0.4, 0.5) is 4.79 Å². The van der Waals surface area contributed by atoms with Gasteiger partial charge in [-0.3, -0.25) is 0 Å². The number of benzene rings is 1. The maximum absolute atomic E-state index is 11.7. The number of hydrogen-bond donors (Lipinski definition) is 3. The molecule has 0 aromatic heterocycles. The van der Waals surface area contributed by atoms with E-state index in [-0.39, 0.29) is 12.6 Å². The number of carbonyl (C=O) groups is 1. The predicted molar refractivity (Wildman–Crippen MR) is 88.7 cm³/mol. The van der Waals surface area contributed by atoms with Gasteiger partial charge in [0, 0.05) is 19.5 Å². The Morgan fingerprint density at radius 3 is 2.73 bits per heavy atom. The van der Waals surface area contributed by atoms with E-state index < -0.39 is 6.10 Å². The number of aliphatic hydroxyl groups is 1. The first-order chi connectivity index (χ1) is 10.7. The Balaban J connectivity index is 1.58. The second-order valence-corrected chi connectivity index (χ2v) is 5.84. The molecule has 0 bridgehead atoms. The van der Waals surface area contributed by atoms with E-state index in [1.807, 2.05) is 30.3 Å². The molecular formula is C18H26N2O2. The summed E-state index contributed by atoms with van der Waals surface area (Å²) < 4.78 is 0. The highest BCUT2D eigenvalue weighted by Gasteiger charge is 2.08. The summed E-state index contributed by atoms with van der Waals surface area (Å²) in [6.45, 7) is 0.926. The van der Waals surface area contributed by atoms with Gasteiger partial charge >= 0.3 is 6.03 Å². The summed E-state index contributed by atoms with van der Waals surface area (Å²) >= 11 is 0. The third-order valence-electron chi connectivity index (χ3n) is 3.93. The van der Waals surface area contributed by atoms with E-state index in [4.69, 9.17) is 0 Å². The Labute approximate surface area is 132 Å². The summed E-state index contributed by atoms with van der Waals surface area (Å²) in [5.74, 6) is 0. The van der Waals surface area contributed by atoms with Gasteiger partial charge in [-0.25, -0.2) is 4.79 Å². The zero-order valence-electron chi connectivity index (χ0n) is 13.1. The van der Waals surface area contributed by atoms with Crippen molar-refractivity contribution < 1.29 is 9.90 Å². The van der Waals surface area contributed by atoms with Gasteiger partial charge in [0.2, 0.25) is 0 Å².